The molecule has 1 unspecified atom stereocenters. The molecule has 0 radical (unpaired) electrons. The Bertz CT molecular complexity index is 345. The van der Waals surface area contributed by atoms with Crippen LogP contribution in [0.15, 0.2) is 5.28 Å². The Kier molecular flexibility index (Phi) is 5.15. The van der Waals surface area contributed by atoms with Gasteiger partial charge in [0.1, 0.15) is 0 Å². The summed E-state index contributed by atoms with van der Waals surface area (Å²) >= 11 is 0. The smallest absolute Gasteiger partial charge is 0.308 e. The maximum atomic E-state index is 11.4. The van der Waals surface area contributed by atoms with Crippen LogP contribution in [-0.2, 0) is 19.2 Å². The standard InChI is InChI=1S/C9H15N3O6/c1-7(13)17-6-18-10-12(16)11-4-2-3-8(5-11)9(14)15/h8H,2-6H2,1H3,(H,14,15). The minimum atomic E-state index is -0.936. The average Bonchev–Trinajstić information content (AvgIpc) is 2.34. The van der Waals surface area contributed by atoms with Gasteiger partial charge in [0.15, 0.2) is 0 Å². The second-order valence-electron chi connectivity index (χ2n) is 3.81. The van der Waals surface area contributed by atoms with Gasteiger partial charge in [-0.15, -0.1) is 5.01 Å². The van der Waals surface area contributed by atoms with E-state index in [2.05, 4.69) is 14.9 Å². The third-order valence-electron chi connectivity index (χ3n) is 2.43. The van der Waals surface area contributed by atoms with Crippen LogP contribution < -0.4 is 0 Å². The normalized spacial score (nSPS) is 20.4. The highest BCUT2D eigenvalue weighted by atomic mass is 16.8. The van der Waals surface area contributed by atoms with Crippen molar-refractivity contribution >= 4 is 11.9 Å². The molecule has 1 heterocycles. The Morgan fingerprint density at radius 2 is 2.33 bits per heavy atom. The number of aliphatic carboxylic acids is 1. The first kappa shape index (κ1) is 14.0. The van der Waals surface area contributed by atoms with Crippen molar-refractivity contribution in [2.75, 3.05) is 19.9 Å². The summed E-state index contributed by atoms with van der Waals surface area (Å²) in [5.41, 5.74) is 0. The fourth-order valence-electron chi connectivity index (χ4n) is 1.55. The highest BCUT2D eigenvalue weighted by Crippen LogP contribution is 2.16. The molecule has 0 saturated carbocycles. The molecule has 0 aromatic carbocycles. The summed E-state index contributed by atoms with van der Waals surface area (Å²) in [6, 6.07) is 0. The molecule has 9 heteroatoms. The number of nitrogens with zero attached hydrogens (tertiary/aromatic N) is 3. The third-order valence-corrected chi connectivity index (χ3v) is 2.43. The number of carbonyl (C=O) groups is 2. The van der Waals surface area contributed by atoms with Crippen LogP contribution in [0.1, 0.15) is 19.8 Å². The summed E-state index contributed by atoms with van der Waals surface area (Å²) in [5, 5.41) is 24.6. The summed E-state index contributed by atoms with van der Waals surface area (Å²) in [5.74, 6) is -2.07. The Morgan fingerprint density at radius 3 is 2.94 bits per heavy atom. The van der Waals surface area contributed by atoms with E-state index >= 15 is 0 Å². The van der Waals surface area contributed by atoms with Gasteiger partial charge in [0.2, 0.25) is 5.28 Å². The molecule has 1 aliphatic heterocycles. The Labute approximate surface area is 103 Å². The number of carboxylic acids is 1. The maximum Gasteiger partial charge on any atom is 0.308 e. The number of rotatable bonds is 5. The highest BCUT2D eigenvalue weighted by Gasteiger charge is 2.29. The number of piperidine rings is 1. The summed E-state index contributed by atoms with van der Waals surface area (Å²) in [4.78, 5) is 25.8. The number of ether oxygens (including phenoxy) is 1. The molecule has 0 bridgehead atoms. The molecule has 1 N–H and O–H groups in total. The molecule has 1 aliphatic rings. The molecule has 0 aliphatic carbocycles. The van der Waals surface area contributed by atoms with Crippen LogP contribution in [0, 0.1) is 11.1 Å². The molecule has 1 rings (SSSR count). The molecular formula is C9H15N3O6. The van der Waals surface area contributed by atoms with Crippen molar-refractivity contribution in [3.05, 3.63) is 5.21 Å². The molecule has 9 nitrogen and oxygen atoms in total. The van der Waals surface area contributed by atoms with Crippen molar-refractivity contribution in [3.8, 4) is 0 Å². The van der Waals surface area contributed by atoms with Gasteiger partial charge in [0, 0.05) is 6.92 Å². The molecule has 0 amide bonds. The SMILES string of the molecule is CC(=O)OCON=[N+]([O-])N1CCCC(C(=O)O)C1. The lowest BCUT2D eigenvalue weighted by molar-refractivity contribution is -0.714. The van der Waals surface area contributed by atoms with Gasteiger partial charge in [0.25, 0.3) is 6.79 Å². The summed E-state index contributed by atoms with van der Waals surface area (Å²) in [6.07, 6.45) is 1.13. The molecule has 0 spiro atoms. The first-order chi connectivity index (χ1) is 8.50. The molecule has 18 heavy (non-hydrogen) atoms. The van der Waals surface area contributed by atoms with Gasteiger partial charge < -0.3 is 19.9 Å². The summed E-state index contributed by atoms with van der Waals surface area (Å²) < 4.78 is 4.41. The van der Waals surface area contributed by atoms with Gasteiger partial charge in [-0.25, -0.2) is 0 Å². The lowest BCUT2D eigenvalue weighted by Gasteiger charge is -2.26. The first-order valence-corrected chi connectivity index (χ1v) is 5.42. The average molecular weight is 261 g/mol. The van der Waals surface area contributed by atoms with E-state index in [1.807, 2.05) is 0 Å². The largest absolute Gasteiger partial charge is 0.569 e. The van der Waals surface area contributed by atoms with E-state index in [0.717, 1.165) is 0 Å². The minimum Gasteiger partial charge on any atom is -0.569 e. The number of hydrazine groups is 1. The van der Waals surface area contributed by atoms with Gasteiger partial charge in [-0.3, -0.25) is 9.59 Å². The lowest BCUT2D eigenvalue weighted by Crippen LogP contribution is -2.42. The fourth-order valence-corrected chi connectivity index (χ4v) is 1.55. The summed E-state index contributed by atoms with van der Waals surface area (Å²) in [7, 11) is 0. The van der Waals surface area contributed by atoms with Crippen molar-refractivity contribution in [2.24, 2.45) is 11.2 Å². The Morgan fingerprint density at radius 1 is 1.61 bits per heavy atom. The van der Waals surface area contributed by atoms with Crippen molar-refractivity contribution in [3.63, 3.8) is 0 Å². The first-order valence-electron chi connectivity index (χ1n) is 5.42. The number of carbonyl (C=O) groups excluding carboxylic acids is 1. The third kappa shape index (κ3) is 4.44. The summed E-state index contributed by atoms with van der Waals surface area (Å²) in [6.45, 7) is 1.23. The Hall–Kier alpha value is -2.06. The van der Waals surface area contributed by atoms with Gasteiger partial charge in [0.05, 0.1) is 24.0 Å². The van der Waals surface area contributed by atoms with Crippen LogP contribution in [0.25, 0.3) is 0 Å². The van der Waals surface area contributed by atoms with Crippen molar-refractivity contribution in [2.45, 2.75) is 19.8 Å². The molecule has 1 saturated heterocycles. The second kappa shape index (κ2) is 6.62. The van der Waals surface area contributed by atoms with Crippen LogP contribution in [-0.4, -0.2) is 46.9 Å². The molecule has 0 aromatic heterocycles. The second-order valence-corrected chi connectivity index (χ2v) is 3.81. The van der Waals surface area contributed by atoms with Crippen LogP contribution in [0.3, 0.4) is 0 Å². The van der Waals surface area contributed by atoms with E-state index < -0.39 is 24.6 Å². The van der Waals surface area contributed by atoms with E-state index in [0.29, 0.717) is 19.4 Å². The van der Waals surface area contributed by atoms with E-state index in [9.17, 15) is 14.8 Å². The highest BCUT2D eigenvalue weighted by molar-refractivity contribution is 5.70. The zero-order valence-corrected chi connectivity index (χ0v) is 9.94. The predicted octanol–water partition coefficient (Wildman–Crippen LogP) is 0.113. The van der Waals surface area contributed by atoms with E-state index in [1.54, 1.807) is 0 Å². The minimum absolute atomic E-state index is 0.0826. The van der Waals surface area contributed by atoms with E-state index in [4.69, 9.17) is 5.11 Å². The number of hydrogen-bond donors (Lipinski definition) is 1. The quantitative estimate of drug-likeness (QED) is 0.186. The van der Waals surface area contributed by atoms with Crippen molar-refractivity contribution in [1.29, 1.82) is 0 Å². The monoisotopic (exact) mass is 261 g/mol. The maximum absolute atomic E-state index is 11.4. The molecule has 1 fully saturated rings. The number of hydrogen-bond acceptors (Lipinski definition) is 6. The zero-order valence-electron chi connectivity index (χ0n) is 9.94. The van der Waals surface area contributed by atoms with Gasteiger partial charge in [-0.05, 0) is 12.8 Å². The Balaban J connectivity index is 2.40. The van der Waals surface area contributed by atoms with Crippen LogP contribution in [0.2, 0.25) is 0 Å². The van der Waals surface area contributed by atoms with E-state index in [1.165, 1.54) is 11.9 Å². The van der Waals surface area contributed by atoms with Crippen molar-refractivity contribution < 1.29 is 29.2 Å². The van der Waals surface area contributed by atoms with E-state index in [-0.39, 0.29) is 11.5 Å². The number of carboxylic acid groups (broad SMARTS) is 1. The van der Waals surface area contributed by atoms with Gasteiger partial charge in [-0.2, -0.15) is 0 Å². The molecule has 0 aromatic rings. The van der Waals surface area contributed by atoms with Crippen LogP contribution >= 0.6 is 0 Å². The van der Waals surface area contributed by atoms with Gasteiger partial charge in [-0.1, -0.05) is 0 Å². The molecular weight excluding hydrogens is 246 g/mol. The molecule has 102 valence electrons. The number of esters is 1. The molecule has 1 atom stereocenters. The van der Waals surface area contributed by atoms with Crippen LogP contribution in [0.5, 0.6) is 0 Å². The van der Waals surface area contributed by atoms with Gasteiger partial charge >= 0.3 is 11.9 Å². The predicted molar refractivity (Wildman–Crippen MR) is 55.7 cm³/mol. The van der Waals surface area contributed by atoms with Crippen molar-refractivity contribution in [1.82, 2.24) is 5.01 Å². The zero-order chi connectivity index (χ0) is 13.5. The van der Waals surface area contributed by atoms with Crippen LogP contribution in [0.4, 0.5) is 0 Å². The lowest BCUT2D eigenvalue weighted by atomic mass is 10.00. The topological polar surface area (TPSA) is 114 Å². The fraction of sp³-hybridized carbons (Fsp3) is 0.778.